The highest BCUT2D eigenvalue weighted by Gasteiger charge is 2.14. The summed E-state index contributed by atoms with van der Waals surface area (Å²) in [5.41, 5.74) is 6.27. The van der Waals surface area contributed by atoms with E-state index >= 15 is 0 Å². The number of nitrogens with one attached hydrogen (secondary N) is 2. The number of carbonyl (C=O) groups excluding carboxylic acids is 1. The van der Waals surface area contributed by atoms with Gasteiger partial charge in [-0.3, -0.25) is 10.2 Å². The van der Waals surface area contributed by atoms with Crippen LogP contribution in [0.4, 0.5) is 0 Å². The van der Waals surface area contributed by atoms with E-state index in [1.54, 1.807) is 7.05 Å². The molecule has 0 aliphatic heterocycles. The molecule has 1 aromatic carbocycles. The minimum Gasteiger partial charge on any atom is -0.484 e. The SMILES string of the molecule is CNNC(=O)COc1cccc(C(C)(C)C)c1. The van der Waals surface area contributed by atoms with Gasteiger partial charge in [0.2, 0.25) is 0 Å². The largest absolute Gasteiger partial charge is 0.484 e. The van der Waals surface area contributed by atoms with Crippen LogP contribution in [0.2, 0.25) is 0 Å². The van der Waals surface area contributed by atoms with E-state index in [9.17, 15) is 4.79 Å². The second-order valence-corrected chi connectivity index (χ2v) is 4.86. The molecular weight excluding hydrogens is 216 g/mol. The monoisotopic (exact) mass is 236 g/mol. The molecule has 0 aliphatic carbocycles. The summed E-state index contributed by atoms with van der Waals surface area (Å²) in [6.07, 6.45) is 0. The number of hydrogen-bond acceptors (Lipinski definition) is 3. The van der Waals surface area contributed by atoms with E-state index in [-0.39, 0.29) is 17.9 Å². The van der Waals surface area contributed by atoms with Gasteiger partial charge < -0.3 is 4.74 Å². The van der Waals surface area contributed by atoms with Crippen LogP contribution < -0.4 is 15.6 Å². The van der Waals surface area contributed by atoms with Crippen LogP contribution in [0.5, 0.6) is 5.75 Å². The Balaban J connectivity index is 2.64. The van der Waals surface area contributed by atoms with Crippen LogP contribution in [-0.2, 0) is 10.2 Å². The Morgan fingerprint density at radius 1 is 1.35 bits per heavy atom. The third-order valence-corrected chi connectivity index (χ3v) is 2.33. The van der Waals surface area contributed by atoms with E-state index in [1.165, 1.54) is 5.56 Å². The number of benzene rings is 1. The molecule has 94 valence electrons. The molecule has 0 saturated carbocycles. The first-order chi connectivity index (χ1) is 7.93. The standard InChI is InChI=1S/C13H20N2O2/c1-13(2,3)10-6-5-7-11(8-10)17-9-12(16)15-14-4/h5-8,14H,9H2,1-4H3,(H,15,16). The summed E-state index contributed by atoms with van der Waals surface area (Å²) >= 11 is 0. The fourth-order valence-electron chi connectivity index (χ4n) is 1.38. The van der Waals surface area contributed by atoms with E-state index < -0.39 is 0 Å². The summed E-state index contributed by atoms with van der Waals surface area (Å²) in [7, 11) is 1.64. The van der Waals surface area contributed by atoms with Gasteiger partial charge in [-0.15, -0.1) is 0 Å². The lowest BCUT2D eigenvalue weighted by molar-refractivity contribution is -0.123. The first-order valence-corrected chi connectivity index (χ1v) is 5.62. The Morgan fingerprint density at radius 2 is 2.06 bits per heavy atom. The molecule has 1 rings (SSSR count). The van der Waals surface area contributed by atoms with Crippen LogP contribution in [-0.4, -0.2) is 19.6 Å². The van der Waals surface area contributed by atoms with Crippen LogP contribution in [0.15, 0.2) is 24.3 Å². The van der Waals surface area contributed by atoms with Gasteiger partial charge in [-0.2, -0.15) is 0 Å². The van der Waals surface area contributed by atoms with Crippen molar-refractivity contribution in [1.82, 2.24) is 10.9 Å². The Hall–Kier alpha value is -1.55. The third kappa shape index (κ3) is 4.44. The maximum Gasteiger partial charge on any atom is 0.271 e. The fourth-order valence-corrected chi connectivity index (χ4v) is 1.38. The summed E-state index contributed by atoms with van der Waals surface area (Å²) in [6, 6.07) is 7.81. The summed E-state index contributed by atoms with van der Waals surface area (Å²) in [4.78, 5) is 11.2. The van der Waals surface area contributed by atoms with Gasteiger partial charge in [-0.1, -0.05) is 32.9 Å². The second-order valence-electron chi connectivity index (χ2n) is 4.86. The van der Waals surface area contributed by atoms with Crippen molar-refractivity contribution in [2.75, 3.05) is 13.7 Å². The van der Waals surface area contributed by atoms with E-state index in [0.29, 0.717) is 5.75 Å². The van der Waals surface area contributed by atoms with Gasteiger partial charge in [0.15, 0.2) is 6.61 Å². The van der Waals surface area contributed by atoms with Crippen molar-refractivity contribution in [3.8, 4) is 5.75 Å². The maximum atomic E-state index is 11.2. The molecule has 0 atom stereocenters. The highest BCUT2D eigenvalue weighted by atomic mass is 16.5. The number of hydrogen-bond donors (Lipinski definition) is 2. The van der Waals surface area contributed by atoms with Crippen LogP contribution in [0.1, 0.15) is 26.3 Å². The van der Waals surface area contributed by atoms with Crippen molar-refractivity contribution in [1.29, 1.82) is 0 Å². The van der Waals surface area contributed by atoms with Crippen LogP contribution in [0.3, 0.4) is 0 Å². The zero-order chi connectivity index (χ0) is 12.9. The van der Waals surface area contributed by atoms with Crippen LogP contribution >= 0.6 is 0 Å². The van der Waals surface area contributed by atoms with E-state index in [0.717, 1.165) is 0 Å². The summed E-state index contributed by atoms with van der Waals surface area (Å²) in [5, 5.41) is 0. The average Bonchev–Trinajstić information content (AvgIpc) is 2.26. The van der Waals surface area contributed by atoms with Crippen molar-refractivity contribution in [2.24, 2.45) is 0 Å². The lowest BCUT2D eigenvalue weighted by Crippen LogP contribution is -2.37. The predicted octanol–water partition coefficient (Wildman–Crippen LogP) is 1.61. The van der Waals surface area contributed by atoms with Gasteiger partial charge in [0, 0.05) is 7.05 Å². The van der Waals surface area contributed by atoms with Crippen molar-refractivity contribution >= 4 is 5.91 Å². The maximum absolute atomic E-state index is 11.2. The normalized spacial score (nSPS) is 11.1. The second kappa shape index (κ2) is 5.68. The topological polar surface area (TPSA) is 50.4 Å². The number of rotatable bonds is 4. The van der Waals surface area contributed by atoms with E-state index in [1.807, 2.05) is 18.2 Å². The molecule has 4 nitrogen and oxygen atoms in total. The zero-order valence-corrected chi connectivity index (χ0v) is 10.8. The predicted molar refractivity (Wildman–Crippen MR) is 67.8 cm³/mol. The fraction of sp³-hybridized carbons (Fsp3) is 0.462. The van der Waals surface area contributed by atoms with Crippen LogP contribution in [0, 0.1) is 0 Å². The lowest BCUT2D eigenvalue weighted by atomic mass is 9.87. The van der Waals surface area contributed by atoms with Gasteiger partial charge in [0.1, 0.15) is 5.75 Å². The van der Waals surface area contributed by atoms with Crippen molar-refractivity contribution in [3.63, 3.8) is 0 Å². The molecule has 1 aromatic rings. The number of amides is 1. The van der Waals surface area contributed by atoms with Gasteiger partial charge in [-0.25, -0.2) is 5.43 Å². The molecule has 0 aromatic heterocycles. The highest BCUT2D eigenvalue weighted by molar-refractivity contribution is 5.76. The molecule has 17 heavy (non-hydrogen) atoms. The quantitative estimate of drug-likeness (QED) is 0.781. The zero-order valence-electron chi connectivity index (χ0n) is 10.8. The van der Waals surface area contributed by atoms with E-state index in [4.69, 9.17) is 4.74 Å². The molecule has 0 bridgehead atoms. The summed E-state index contributed by atoms with van der Waals surface area (Å²) in [5.74, 6) is 0.511. The number of carbonyl (C=O) groups is 1. The number of ether oxygens (including phenoxy) is 1. The first-order valence-electron chi connectivity index (χ1n) is 5.62. The lowest BCUT2D eigenvalue weighted by Gasteiger charge is -2.19. The highest BCUT2D eigenvalue weighted by Crippen LogP contribution is 2.25. The van der Waals surface area contributed by atoms with Gasteiger partial charge in [0.25, 0.3) is 5.91 Å². The van der Waals surface area contributed by atoms with Crippen molar-refractivity contribution in [3.05, 3.63) is 29.8 Å². The average molecular weight is 236 g/mol. The molecular formula is C13H20N2O2. The van der Waals surface area contributed by atoms with Crippen LogP contribution in [0.25, 0.3) is 0 Å². The molecule has 0 saturated heterocycles. The van der Waals surface area contributed by atoms with Crippen molar-refractivity contribution in [2.45, 2.75) is 26.2 Å². The smallest absolute Gasteiger partial charge is 0.271 e. The Labute approximate surface area is 102 Å². The Kier molecular flexibility index (Phi) is 4.52. The molecule has 1 amide bonds. The van der Waals surface area contributed by atoms with Crippen molar-refractivity contribution < 1.29 is 9.53 Å². The Morgan fingerprint density at radius 3 is 2.65 bits per heavy atom. The van der Waals surface area contributed by atoms with E-state index in [2.05, 4.69) is 37.7 Å². The summed E-state index contributed by atoms with van der Waals surface area (Å²) in [6.45, 7) is 6.42. The molecule has 0 fully saturated rings. The molecule has 0 aliphatic rings. The van der Waals surface area contributed by atoms with Gasteiger partial charge in [-0.05, 0) is 23.1 Å². The molecule has 0 unspecified atom stereocenters. The minimum absolute atomic E-state index is 0.00837. The molecule has 4 heteroatoms. The first kappa shape index (κ1) is 13.5. The molecule has 2 N–H and O–H groups in total. The third-order valence-electron chi connectivity index (χ3n) is 2.33. The molecule has 0 spiro atoms. The van der Waals surface area contributed by atoms with Gasteiger partial charge in [0.05, 0.1) is 0 Å². The molecule has 0 heterocycles. The van der Waals surface area contributed by atoms with Gasteiger partial charge >= 0.3 is 0 Å². The summed E-state index contributed by atoms with van der Waals surface area (Å²) < 4.78 is 5.40. The number of hydrazine groups is 1. The molecule has 0 radical (unpaired) electrons. The minimum atomic E-state index is -0.200. The Bertz CT molecular complexity index is 383.